The first-order valence-electron chi connectivity index (χ1n) is 8.93. The summed E-state index contributed by atoms with van der Waals surface area (Å²) in [6.45, 7) is 3.10. The van der Waals surface area contributed by atoms with Crippen LogP contribution < -0.4 is 5.32 Å². The molecule has 0 radical (unpaired) electrons. The summed E-state index contributed by atoms with van der Waals surface area (Å²) in [5.74, 6) is 0.745. The van der Waals surface area contributed by atoms with Crippen molar-refractivity contribution in [3.63, 3.8) is 0 Å². The van der Waals surface area contributed by atoms with Crippen molar-refractivity contribution in [1.29, 1.82) is 0 Å². The van der Waals surface area contributed by atoms with Crippen LogP contribution >= 0.6 is 15.9 Å². The van der Waals surface area contributed by atoms with Gasteiger partial charge in [0.05, 0.1) is 0 Å². The first-order valence-corrected chi connectivity index (χ1v) is 9.73. The van der Waals surface area contributed by atoms with Crippen LogP contribution in [0.4, 0.5) is 0 Å². The number of aromatic nitrogens is 1. The summed E-state index contributed by atoms with van der Waals surface area (Å²) in [6, 6.07) is 12.0. The van der Waals surface area contributed by atoms with Crippen molar-refractivity contribution in [1.82, 2.24) is 14.8 Å². The normalized spacial score (nSPS) is 16.1. The Kier molecular flexibility index (Phi) is 5.97. The average Bonchev–Trinajstić information content (AvgIpc) is 2.98. The third kappa shape index (κ3) is 4.33. The fourth-order valence-corrected chi connectivity index (χ4v) is 4.00. The topological polar surface area (TPSA) is 37.3 Å². The van der Waals surface area contributed by atoms with Gasteiger partial charge in [-0.1, -0.05) is 34.1 Å². The Hall–Kier alpha value is -1.59. The highest BCUT2D eigenvalue weighted by molar-refractivity contribution is 9.10. The first kappa shape index (κ1) is 18.2. The number of carbonyl (C=O) groups excluding carboxylic acids is 1. The summed E-state index contributed by atoms with van der Waals surface area (Å²) in [7, 11) is 4.12. The Morgan fingerprint density at radius 3 is 2.60 bits per heavy atom. The van der Waals surface area contributed by atoms with E-state index in [0.29, 0.717) is 5.69 Å². The number of carbonyl (C=O) groups is 1. The number of benzene rings is 1. The highest BCUT2D eigenvalue weighted by Gasteiger charge is 2.18. The zero-order valence-corrected chi connectivity index (χ0v) is 16.6. The zero-order valence-electron chi connectivity index (χ0n) is 15.0. The molecule has 1 aromatic heterocycles. The minimum absolute atomic E-state index is 0.00808. The van der Waals surface area contributed by atoms with Gasteiger partial charge in [0.2, 0.25) is 0 Å². The maximum Gasteiger partial charge on any atom is 0.267 e. The molecule has 1 saturated heterocycles. The standard InChI is InChI=1S/C20H26BrN3O/c1-23-13-10-15(11-14-23)9-12-22-20(25)19-8-7-18(24(19)2)16-5-3-4-6-17(16)21/h3-8,15H,9-14H2,1-2H3,(H,22,25). The molecule has 1 fully saturated rings. The van der Waals surface area contributed by atoms with Crippen molar-refractivity contribution in [2.75, 3.05) is 26.7 Å². The van der Waals surface area contributed by atoms with E-state index in [1.807, 2.05) is 41.9 Å². The third-order valence-corrected chi connectivity index (χ3v) is 5.87. The van der Waals surface area contributed by atoms with Crippen molar-refractivity contribution in [3.8, 4) is 11.3 Å². The van der Waals surface area contributed by atoms with Crippen molar-refractivity contribution >= 4 is 21.8 Å². The Morgan fingerprint density at radius 1 is 1.16 bits per heavy atom. The van der Waals surface area contributed by atoms with E-state index in [4.69, 9.17) is 0 Å². The van der Waals surface area contributed by atoms with Crippen LogP contribution in [0.5, 0.6) is 0 Å². The van der Waals surface area contributed by atoms with Crippen LogP contribution in [0.1, 0.15) is 29.8 Å². The number of hydrogen-bond donors (Lipinski definition) is 1. The average molecular weight is 404 g/mol. The largest absolute Gasteiger partial charge is 0.351 e. The molecule has 0 spiro atoms. The Labute approximate surface area is 158 Å². The number of nitrogens with zero attached hydrogens (tertiary/aromatic N) is 2. The lowest BCUT2D eigenvalue weighted by molar-refractivity contribution is 0.0941. The number of halogens is 1. The van der Waals surface area contributed by atoms with Gasteiger partial charge in [0, 0.05) is 29.3 Å². The van der Waals surface area contributed by atoms with Crippen molar-refractivity contribution in [2.24, 2.45) is 13.0 Å². The molecule has 0 atom stereocenters. The summed E-state index contributed by atoms with van der Waals surface area (Å²) < 4.78 is 3.00. The molecule has 5 heteroatoms. The monoisotopic (exact) mass is 403 g/mol. The molecule has 0 aliphatic carbocycles. The maximum absolute atomic E-state index is 12.5. The molecule has 25 heavy (non-hydrogen) atoms. The van der Waals surface area contributed by atoms with Gasteiger partial charge in [-0.05, 0) is 63.5 Å². The molecule has 4 nitrogen and oxygen atoms in total. The number of piperidine rings is 1. The molecule has 0 saturated carbocycles. The van der Waals surface area contributed by atoms with E-state index < -0.39 is 0 Å². The zero-order chi connectivity index (χ0) is 17.8. The smallest absolute Gasteiger partial charge is 0.267 e. The maximum atomic E-state index is 12.5. The lowest BCUT2D eigenvalue weighted by Crippen LogP contribution is -2.33. The second kappa shape index (κ2) is 8.19. The van der Waals surface area contributed by atoms with Crippen molar-refractivity contribution < 1.29 is 4.79 Å². The third-order valence-electron chi connectivity index (χ3n) is 5.18. The summed E-state index contributed by atoms with van der Waals surface area (Å²) in [6.07, 6.45) is 3.55. The van der Waals surface area contributed by atoms with E-state index in [2.05, 4.69) is 39.3 Å². The molecule has 0 bridgehead atoms. The molecule has 0 unspecified atom stereocenters. The summed E-state index contributed by atoms with van der Waals surface area (Å²) in [5.41, 5.74) is 2.83. The molecule has 1 aliphatic rings. The predicted molar refractivity (Wildman–Crippen MR) is 106 cm³/mol. The SMILES string of the molecule is CN1CCC(CCNC(=O)c2ccc(-c3ccccc3Br)n2C)CC1. The summed E-state index contributed by atoms with van der Waals surface area (Å²) >= 11 is 3.59. The predicted octanol–water partition coefficient (Wildman–Crippen LogP) is 3.92. The first-order chi connectivity index (χ1) is 12.1. The number of hydrogen-bond acceptors (Lipinski definition) is 2. The van der Waals surface area contributed by atoms with E-state index in [0.717, 1.165) is 34.6 Å². The van der Waals surface area contributed by atoms with Gasteiger partial charge in [0.25, 0.3) is 5.91 Å². The molecule has 1 amide bonds. The number of rotatable bonds is 5. The van der Waals surface area contributed by atoms with Gasteiger partial charge < -0.3 is 14.8 Å². The van der Waals surface area contributed by atoms with Gasteiger partial charge in [0.1, 0.15) is 5.69 Å². The number of likely N-dealkylation sites (tertiary alicyclic amines) is 1. The Bertz CT molecular complexity index is 732. The lowest BCUT2D eigenvalue weighted by atomic mass is 9.94. The fourth-order valence-electron chi connectivity index (χ4n) is 3.51. The lowest BCUT2D eigenvalue weighted by Gasteiger charge is -2.28. The van der Waals surface area contributed by atoms with Crippen molar-refractivity contribution in [2.45, 2.75) is 19.3 Å². The van der Waals surface area contributed by atoms with Gasteiger partial charge in [-0.25, -0.2) is 0 Å². The van der Waals surface area contributed by atoms with Crippen LogP contribution in [0.15, 0.2) is 40.9 Å². The van der Waals surface area contributed by atoms with E-state index in [-0.39, 0.29) is 5.91 Å². The minimum atomic E-state index is 0.00808. The molecule has 1 aliphatic heterocycles. The molecule has 3 rings (SSSR count). The van der Waals surface area contributed by atoms with Gasteiger partial charge in [0.15, 0.2) is 0 Å². The van der Waals surface area contributed by atoms with Crippen LogP contribution in [0.2, 0.25) is 0 Å². The van der Waals surface area contributed by atoms with Crippen LogP contribution in [-0.2, 0) is 7.05 Å². The number of nitrogens with one attached hydrogen (secondary N) is 1. The summed E-state index contributed by atoms with van der Waals surface area (Å²) in [5, 5.41) is 3.09. The van der Waals surface area contributed by atoms with Crippen molar-refractivity contribution in [3.05, 3.63) is 46.6 Å². The van der Waals surface area contributed by atoms with Crippen LogP contribution in [0.3, 0.4) is 0 Å². The molecular formula is C20H26BrN3O. The highest BCUT2D eigenvalue weighted by atomic mass is 79.9. The van der Waals surface area contributed by atoms with Crippen LogP contribution in [0, 0.1) is 5.92 Å². The van der Waals surface area contributed by atoms with E-state index in [9.17, 15) is 4.79 Å². The second-order valence-corrected chi connectivity index (χ2v) is 7.79. The molecule has 2 heterocycles. The quantitative estimate of drug-likeness (QED) is 0.821. The highest BCUT2D eigenvalue weighted by Crippen LogP contribution is 2.29. The Balaban J connectivity index is 1.59. The molecular weight excluding hydrogens is 378 g/mol. The van der Waals surface area contributed by atoms with E-state index >= 15 is 0 Å². The molecule has 2 aromatic rings. The van der Waals surface area contributed by atoms with E-state index in [1.165, 1.54) is 25.9 Å². The van der Waals surface area contributed by atoms with Gasteiger partial charge in [-0.2, -0.15) is 0 Å². The second-order valence-electron chi connectivity index (χ2n) is 6.93. The molecule has 134 valence electrons. The summed E-state index contributed by atoms with van der Waals surface area (Å²) in [4.78, 5) is 14.9. The molecule has 1 N–H and O–H groups in total. The van der Waals surface area contributed by atoms with Crippen LogP contribution in [-0.4, -0.2) is 42.1 Å². The van der Waals surface area contributed by atoms with Gasteiger partial charge in [-0.3, -0.25) is 4.79 Å². The fraction of sp³-hybridized carbons (Fsp3) is 0.450. The Morgan fingerprint density at radius 2 is 1.88 bits per heavy atom. The number of amides is 1. The molecule has 1 aromatic carbocycles. The van der Waals surface area contributed by atoms with Crippen LogP contribution in [0.25, 0.3) is 11.3 Å². The van der Waals surface area contributed by atoms with Gasteiger partial charge in [-0.15, -0.1) is 0 Å². The van der Waals surface area contributed by atoms with Gasteiger partial charge >= 0.3 is 0 Å². The minimum Gasteiger partial charge on any atom is -0.351 e. The van der Waals surface area contributed by atoms with E-state index in [1.54, 1.807) is 0 Å².